The van der Waals surface area contributed by atoms with Gasteiger partial charge in [0.05, 0.1) is 12.5 Å². The van der Waals surface area contributed by atoms with E-state index in [0.717, 1.165) is 6.42 Å². The Morgan fingerprint density at radius 3 is 2.74 bits per heavy atom. The van der Waals surface area contributed by atoms with Crippen molar-refractivity contribution in [1.29, 1.82) is 0 Å². The highest BCUT2D eigenvalue weighted by molar-refractivity contribution is 7.11. The first kappa shape index (κ1) is 14.8. The number of nitrogens with two attached hydrogens (primary N) is 1. The topological polar surface area (TPSA) is 55.1 Å². The molecule has 2 bridgehead atoms. The smallest absolute Gasteiger partial charge is 0.225 e. The number of aryl methyl sites for hydroxylation is 1. The number of thiophene rings is 1. The van der Waals surface area contributed by atoms with Crippen LogP contribution in [0.15, 0.2) is 12.1 Å². The van der Waals surface area contributed by atoms with Gasteiger partial charge in [-0.15, -0.1) is 23.7 Å². The van der Waals surface area contributed by atoms with Crippen molar-refractivity contribution in [2.45, 2.75) is 38.8 Å². The lowest BCUT2D eigenvalue weighted by molar-refractivity contribution is -0.127. The average Bonchev–Trinajstić information content (AvgIpc) is 3.02. The van der Waals surface area contributed by atoms with Gasteiger partial charge >= 0.3 is 0 Å². The normalized spacial score (nSPS) is 32.1. The Kier molecular flexibility index (Phi) is 4.54. The molecule has 2 aliphatic carbocycles. The quantitative estimate of drug-likeness (QED) is 0.901. The van der Waals surface area contributed by atoms with E-state index in [-0.39, 0.29) is 30.3 Å². The van der Waals surface area contributed by atoms with Crippen molar-refractivity contribution in [2.75, 3.05) is 0 Å². The molecular weight excluding hydrogens is 280 g/mol. The van der Waals surface area contributed by atoms with Crippen LogP contribution in [0.3, 0.4) is 0 Å². The fourth-order valence-electron chi connectivity index (χ4n) is 3.60. The van der Waals surface area contributed by atoms with Gasteiger partial charge in [0, 0.05) is 15.8 Å². The third-order valence-electron chi connectivity index (χ3n) is 4.52. The molecule has 0 aliphatic heterocycles. The van der Waals surface area contributed by atoms with Gasteiger partial charge in [0.15, 0.2) is 0 Å². The molecule has 2 saturated carbocycles. The van der Waals surface area contributed by atoms with E-state index in [4.69, 9.17) is 5.73 Å². The van der Waals surface area contributed by atoms with Crippen LogP contribution in [0.5, 0.6) is 0 Å². The molecule has 3 N–H and O–H groups in total. The second-order valence-corrected chi connectivity index (χ2v) is 7.04. The maximum Gasteiger partial charge on any atom is 0.225 e. The summed E-state index contributed by atoms with van der Waals surface area (Å²) in [6.07, 6.45) is 3.58. The zero-order valence-corrected chi connectivity index (χ0v) is 12.7. The van der Waals surface area contributed by atoms with Crippen LogP contribution in [-0.2, 0) is 11.3 Å². The van der Waals surface area contributed by atoms with E-state index < -0.39 is 0 Å². The molecule has 0 saturated heterocycles. The monoisotopic (exact) mass is 300 g/mol. The zero-order valence-electron chi connectivity index (χ0n) is 11.1. The summed E-state index contributed by atoms with van der Waals surface area (Å²) in [5.41, 5.74) is 6.18. The summed E-state index contributed by atoms with van der Waals surface area (Å²) < 4.78 is 0. The predicted molar refractivity (Wildman–Crippen MR) is 80.4 cm³/mol. The second kappa shape index (κ2) is 5.81. The Labute approximate surface area is 124 Å². The third kappa shape index (κ3) is 2.81. The van der Waals surface area contributed by atoms with Crippen molar-refractivity contribution in [2.24, 2.45) is 23.5 Å². The molecule has 1 heterocycles. The molecule has 19 heavy (non-hydrogen) atoms. The van der Waals surface area contributed by atoms with E-state index >= 15 is 0 Å². The van der Waals surface area contributed by atoms with Crippen molar-refractivity contribution in [3.05, 3.63) is 21.9 Å². The summed E-state index contributed by atoms with van der Waals surface area (Å²) in [6.45, 7) is 2.74. The van der Waals surface area contributed by atoms with Gasteiger partial charge < -0.3 is 11.1 Å². The fourth-order valence-corrected chi connectivity index (χ4v) is 4.43. The summed E-state index contributed by atoms with van der Waals surface area (Å²) in [6, 6.07) is 4.27. The molecular formula is C14H21ClN2OS. The Morgan fingerprint density at radius 1 is 1.42 bits per heavy atom. The van der Waals surface area contributed by atoms with Crippen LogP contribution < -0.4 is 11.1 Å². The molecule has 1 amide bonds. The lowest BCUT2D eigenvalue weighted by Gasteiger charge is -2.26. The Morgan fingerprint density at radius 2 is 2.16 bits per heavy atom. The van der Waals surface area contributed by atoms with Gasteiger partial charge in [0.25, 0.3) is 0 Å². The molecule has 3 rings (SSSR count). The summed E-state index contributed by atoms with van der Waals surface area (Å²) >= 11 is 1.74. The minimum Gasteiger partial charge on any atom is -0.351 e. The maximum atomic E-state index is 12.2. The highest BCUT2D eigenvalue weighted by Crippen LogP contribution is 2.47. The van der Waals surface area contributed by atoms with E-state index in [1.54, 1.807) is 11.3 Å². The minimum atomic E-state index is 0. The molecule has 2 fully saturated rings. The second-order valence-electron chi connectivity index (χ2n) is 5.67. The number of carbonyl (C=O) groups is 1. The van der Waals surface area contributed by atoms with Crippen LogP contribution >= 0.6 is 23.7 Å². The van der Waals surface area contributed by atoms with Crippen LogP contribution in [0.1, 0.15) is 29.0 Å². The number of carbonyl (C=O) groups excluding carboxylic acids is 1. The van der Waals surface area contributed by atoms with Crippen molar-refractivity contribution >= 4 is 29.7 Å². The Hall–Kier alpha value is -0.580. The number of halogens is 1. The van der Waals surface area contributed by atoms with Crippen LogP contribution in [0.25, 0.3) is 0 Å². The largest absolute Gasteiger partial charge is 0.351 e. The summed E-state index contributed by atoms with van der Waals surface area (Å²) in [5, 5.41) is 3.06. The average molecular weight is 301 g/mol. The van der Waals surface area contributed by atoms with Gasteiger partial charge in [-0.05, 0) is 50.2 Å². The molecule has 0 aromatic carbocycles. The van der Waals surface area contributed by atoms with Crippen LogP contribution in [0.4, 0.5) is 0 Å². The van der Waals surface area contributed by atoms with E-state index in [2.05, 4.69) is 24.4 Å². The minimum absolute atomic E-state index is 0. The molecule has 106 valence electrons. The number of fused-ring (bicyclic) bond motifs is 2. The first-order chi connectivity index (χ1) is 8.65. The molecule has 1 aromatic rings. The number of rotatable bonds is 3. The zero-order chi connectivity index (χ0) is 12.7. The van der Waals surface area contributed by atoms with Crippen molar-refractivity contribution < 1.29 is 4.79 Å². The molecule has 4 atom stereocenters. The lowest BCUT2D eigenvalue weighted by atomic mass is 9.84. The lowest BCUT2D eigenvalue weighted by Crippen LogP contribution is -2.45. The third-order valence-corrected chi connectivity index (χ3v) is 5.52. The van der Waals surface area contributed by atoms with E-state index in [1.165, 1.54) is 22.6 Å². The molecule has 2 aliphatic rings. The summed E-state index contributed by atoms with van der Waals surface area (Å²) in [5.74, 6) is 1.36. The molecule has 0 spiro atoms. The SMILES string of the molecule is Cc1ccc(CNC(=O)C2C3CCC(C3)C2N)s1.Cl. The van der Waals surface area contributed by atoms with E-state index in [0.29, 0.717) is 18.4 Å². The van der Waals surface area contributed by atoms with Crippen LogP contribution in [0.2, 0.25) is 0 Å². The molecule has 0 radical (unpaired) electrons. The van der Waals surface area contributed by atoms with Crippen LogP contribution in [-0.4, -0.2) is 11.9 Å². The molecule has 4 unspecified atom stereocenters. The van der Waals surface area contributed by atoms with E-state index in [9.17, 15) is 4.79 Å². The highest BCUT2D eigenvalue weighted by Gasteiger charge is 2.48. The van der Waals surface area contributed by atoms with Crippen molar-refractivity contribution in [1.82, 2.24) is 5.32 Å². The van der Waals surface area contributed by atoms with Gasteiger partial charge in [-0.1, -0.05) is 0 Å². The summed E-state index contributed by atoms with van der Waals surface area (Å²) in [7, 11) is 0. The van der Waals surface area contributed by atoms with Gasteiger partial charge in [-0.3, -0.25) is 4.79 Å². The Balaban J connectivity index is 0.00000133. The van der Waals surface area contributed by atoms with Crippen molar-refractivity contribution in [3.8, 4) is 0 Å². The van der Waals surface area contributed by atoms with Crippen molar-refractivity contribution in [3.63, 3.8) is 0 Å². The van der Waals surface area contributed by atoms with Crippen LogP contribution in [0, 0.1) is 24.7 Å². The first-order valence-corrected chi connectivity index (χ1v) is 7.55. The van der Waals surface area contributed by atoms with Gasteiger partial charge in [-0.2, -0.15) is 0 Å². The number of hydrogen-bond acceptors (Lipinski definition) is 3. The molecule has 1 aromatic heterocycles. The first-order valence-electron chi connectivity index (χ1n) is 6.74. The van der Waals surface area contributed by atoms with Gasteiger partial charge in [0.2, 0.25) is 5.91 Å². The summed E-state index contributed by atoms with van der Waals surface area (Å²) in [4.78, 5) is 14.7. The van der Waals surface area contributed by atoms with Gasteiger partial charge in [-0.25, -0.2) is 0 Å². The van der Waals surface area contributed by atoms with Gasteiger partial charge in [0.1, 0.15) is 0 Å². The molecule has 5 heteroatoms. The standard InChI is InChI=1S/C14H20N2OS.ClH/c1-8-2-5-11(18-8)7-16-14(17)12-9-3-4-10(6-9)13(12)15;/h2,5,9-10,12-13H,3-4,6-7,15H2,1H3,(H,16,17);1H. The maximum absolute atomic E-state index is 12.2. The van der Waals surface area contributed by atoms with E-state index in [1.807, 2.05) is 0 Å². The fraction of sp³-hybridized carbons (Fsp3) is 0.643. The number of nitrogens with one attached hydrogen (secondary N) is 1. The number of hydrogen-bond donors (Lipinski definition) is 2. The number of amides is 1. The molecule has 3 nitrogen and oxygen atoms in total. The highest BCUT2D eigenvalue weighted by atomic mass is 35.5. The predicted octanol–water partition coefficient (Wildman–Crippen LogP) is 2.47. The Bertz CT molecular complexity index is 460.